The average molecular weight is 324 g/mol. The van der Waals surface area contributed by atoms with Crippen molar-refractivity contribution in [1.82, 2.24) is 10.2 Å². The van der Waals surface area contributed by atoms with Crippen molar-refractivity contribution in [3.05, 3.63) is 0 Å². The van der Waals surface area contributed by atoms with E-state index >= 15 is 0 Å². The predicted octanol–water partition coefficient (Wildman–Crippen LogP) is 1.78. The second-order valence-electron chi connectivity index (χ2n) is 6.06. The fourth-order valence-corrected chi connectivity index (χ4v) is 4.71. The molecular formula is C13H22F2N2O3S. The quantitative estimate of drug-likeness (QED) is 0.857. The van der Waals surface area contributed by atoms with E-state index in [1.807, 2.05) is 0 Å². The number of carbonyl (C=O) groups is 1. The lowest BCUT2D eigenvalue weighted by Gasteiger charge is -2.30. The highest BCUT2D eigenvalue weighted by Crippen LogP contribution is 2.36. The number of alkyl halides is 2. The Balaban J connectivity index is 2.00. The molecule has 1 aliphatic carbocycles. The minimum absolute atomic E-state index is 0.0110. The van der Waals surface area contributed by atoms with Crippen molar-refractivity contribution in [2.24, 2.45) is 0 Å². The van der Waals surface area contributed by atoms with Crippen LogP contribution in [-0.4, -0.2) is 55.9 Å². The second kappa shape index (κ2) is 6.06. The van der Waals surface area contributed by atoms with E-state index < -0.39 is 33.1 Å². The van der Waals surface area contributed by atoms with Crippen molar-refractivity contribution in [3.8, 4) is 0 Å². The van der Waals surface area contributed by atoms with Gasteiger partial charge in [-0.3, -0.25) is 0 Å². The molecule has 0 aromatic carbocycles. The Labute approximate surface area is 124 Å². The monoisotopic (exact) mass is 324 g/mol. The Morgan fingerprint density at radius 3 is 2.48 bits per heavy atom. The number of nitrogens with zero attached hydrogens (tertiary/aromatic N) is 1. The zero-order valence-corrected chi connectivity index (χ0v) is 13.0. The first-order valence-corrected chi connectivity index (χ1v) is 9.18. The van der Waals surface area contributed by atoms with Crippen LogP contribution in [0.1, 0.15) is 38.5 Å². The summed E-state index contributed by atoms with van der Waals surface area (Å²) < 4.78 is 48.7. The van der Waals surface area contributed by atoms with Crippen molar-refractivity contribution in [2.45, 2.75) is 55.7 Å². The first-order valence-electron chi connectivity index (χ1n) is 7.29. The molecule has 0 aromatic rings. The molecule has 0 spiro atoms. The zero-order chi connectivity index (χ0) is 15.7. The third-order valence-corrected chi connectivity index (χ3v) is 6.84. The maximum absolute atomic E-state index is 12.8. The number of halogens is 2. The van der Waals surface area contributed by atoms with Crippen LogP contribution in [0.25, 0.3) is 0 Å². The summed E-state index contributed by atoms with van der Waals surface area (Å²) in [4.78, 5) is 13.2. The van der Waals surface area contributed by atoms with Crippen LogP contribution < -0.4 is 5.32 Å². The van der Waals surface area contributed by atoms with Crippen molar-refractivity contribution >= 4 is 15.9 Å². The summed E-state index contributed by atoms with van der Waals surface area (Å²) in [6.07, 6.45) is 2.13. The SMILES string of the molecule is CS(=O)(=O)C1(CNC(=O)N2CCC[C@H]2C(F)F)CCCC1. The van der Waals surface area contributed by atoms with E-state index in [-0.39, 0.29) is 6.54 Å². The Hall–Kier alpha value is -0.920. The van der Waals surface area contributed by atoms with Gasteiger partial charge in [-0.15, -0.1) is 0 Å². The molecule has 2 fully saturated rings. The lowest BCUT2D eigenvalue weighted by molar-refractivity contribution is 0.0606. The van der Waals surface area contributed by atoms with Gasteiger partial charge in [0.05, 0.1) is 10.8 Å². The first kappa shape index (κ1) is 16.5. The van der Waals surface area contributed by atoms with Gasteiger partial charge in [0.2, 0.25) is 0 Å². The average Bonchev–Trinajstić information content (AvgIpc) is 3.04. The van der Waals surface area contributed by atoms with Gasteiger partial charge in [0.25, 0.3) is 6.43 Å². The highest BCUT2D eigenvalue weighted by molar-refractivity contribution is 7.92. The molecule has 2 aliphatic rings. The maximum Gasteiger partial charge on any atom is 0.317 e. The third-order valence-electron chi connectivity index (χ3n) is 4.71. The van der Waals surface area contributed by atoms with Gasteiger partial charge < -0.3 is 10.2 Å². The van der Waals surface area contributed by atoms with Gasteiger partial charge in [-0.1, -0.05) is 12.8 Å². The number of hydrogen-bond donors (Lipinski definition) is 1. The van der Waals surface area contributed by atoms with Crippen LogP contribution in [0.2, 0.25) is 0 Å². The van der Waals surface area contributed by atoms with E-state index in [0.29, 0.717) is 32.2 Å². The molecule has 1 saturated heterocycles. The van der Waals surface area contributed by atoms with Crippen molar-refractivity contribution in [1.29, 1.82) is 0 Å². The van der Waals surface area contributed by atoms with Gasteiger partial charge >= 0.3 is 6.03 Å². The molecule has 0 radical (unpaired) electrons. The van der Waals surface area contributed by atoms with Gasteiger partial charge in [0, 0.05) is 19.3 Å². The molecule has 2 amide bonds. The van der Waals surface area contributed by atoms with E-state index in [4.69, 9.17) is 0 Å². The second-order valence-corrected chi connectivity index (χ2v) is 8.47. The molecule has 122 valence electrons. The highest BCUT2D eigenvalue weighted by Gasteiger charge is 2.44. The van der Waals surface area contributed by atoms with Crippen LogP contribution >= 0.6 is 0 Å². The number of rotatable bonds is 4. The summed E-state index contributed by atoms with van der Waals surface area (Å²) in [5.74, 6) is 0. The molecular weight excluding hydrogens is 302 g/mol. The van der Waals surface area contributed by atoms with E-state index in [2.05, 4.69) is 5.32 Å². The molecule has 21 heavy (non-hydrogen) atoms. The van der Waals surface area contributed by atoms with Crippen molar-refractivity contribution in [3.63, 3.8) is 0 Å². The van der Waals surface area contributed by atoms with Crippen molar-refractivity contribution < 1.29 is 22.0 Å². The molecule has 1 saturated carbocycles. The Kier molecular flexibility index (Phi) is 4.75. The van der Waals surface area contributed by atoms with Crippen molar-refractivity contribution in [2.75, 3.05) is 19.3 Å². The molecule has 1 aliphatic heterocycles. The molecule has 0 unspecified atom stereocenters. The van der Waals surface area contributed by atoms with E-state index in [0.717, 1.165) is 17.7 Å². The molecule has 1 N–H and O–H groups in total. The van der Waals surface area contributed by atoms with Gasteiger partial charge in [0.15, 0.2) is 9.84 Å². The molecule has 5 nitrogen and oxygen atoms in total. The summed E-state index contributed by atoms with van der Waals surface area (Å²) in [5, 5.41) is 2.57. The van der Waals surface area contributed by atoms with E-state index in [9.17, 15) is 22.0 Å². The molecule has 1 heterocycles. The predicted molar refractivity (Wildman–Crippen MR) is 75.2 cm³/mol. The highest BCUT2D eigenvalue weighted by atomic mass is 32.2. The summed E-state index contributed by atoms with van der Waals surface area (Å²) >= 11 is 0. The minimum Gasteiger partial charge on any atom is -0.336 e. The summed E-state index contributed by atoms with van der Waals surface area (Å²) in [5.41, 5.74) is 0. The van der Waals surface area contributed by atoms with Crippen LogP contribution in [0.15, 0.2) is 0 Å². The summed E-state index contributed by atoms with van der Waals surface area (Å²) in [6.45, 7) is 0.309. The van der Waals surface area contributed by atoms with Gasteiger partial charge in [0.1, 0.15) is 0 Å². The van der Waals surface area contributed by atoms with Gasteiger partial charge in [-0.25, -0.2) is 22.0 Å². The molecule has 1 atom stereocenters. The zero-order valence-electron chi connectivity index (χ0n) is 12.1. The standard InChI is InChI=1S/C13H22F2N2O3S/c1-21(19,20)13(6-2-3-7-13)9-16-12(18)17-8-4-5-10(17)11(14)15/h10-11H,2-9H2,1H3,(H,16,18)/t10-/m0/s1. The smallest absolute Gasteiger partial charge is 0.317 e. The third kappa shape index (κ3) is 3.30. The number of amides is 2. The van der Waals surface area contributed by atoms with Crippen LogP contribution in [0.5, 0.6) is 0 Å². The van der Waals surface area contributed by atoms with Crippen LogP contribution in [0, 0.1) is 0 Å². The summed E-state index contributed by atoms with van der Waals surface area (Å²) in [7, 11) is -3.29. The fraction of sp³-hybridized carbons (Fsp3) is 0.923. The minimum atomic E-state index is -3.29. The largest absolute Gasteiger partial charge is 0.336 e. The molecule has 8 heteroatoms. The van der Waals surface area contributed by atoms with Crippen LogP contribution in [0.4, 0.5) is 13.6 Å². The van der Waals surface area contributed by atoms with E-state index in [1.165, 1.54) is 6.26 Å². The topological polar surface area (TPSA) is 66.5 Å². The lowest BCUT2D eigenvalue weighted by Crippen LogP contribution is -2.52. The number of urea groups is 1. The Morgan fingerprint density at radius 1 is 1.33 bits per heavy atom. The van der Waals surface area contributed by atoms with Gasteiger partial charge in [-0.2, -0.15) is 0 Å². The number of carbonyl (C=O) groups excluding carboxylic acids is 1. The summed E-state index contributed by atoms with van der Waals surface area (Å²) in [6, 6.07) is -1.63. The molecule has 0 aromatic heterocycles. The molecule has 0 bridgehead atoms. The first-order chi connectivity index (χ1) is 9.77. The Morgan fingerprint density at radius 2 is 1.95 bits per heavy atom. The van der Waals surface area contributed by atoms with E-state index in [1.54, 1.807) is 0 Å². The normalized spacial score (nSPS) is 25.5. The van der Waals surface area contributed by atoms with Crippen LogP contribution in [0.3, 0.4) is 0 Å². The fourth-order valence-electron chi connectivity index (χ4n) is 3.34. The number of sulfone groups is 1. The number of nitrogens with one attached hydrogen (secondary N) is 1. The number of likely N-dealkylation sites (tertiary alicyclic amines) is 1. The number of hydrogen-bond acceptors (Lipinski definition) is 3. The van der Waals surface area contributed by atoms with Gasteiger partial charge in [-0.05, 0) is 25.7 Å². The Bertz CT molecular complexity index is 490. The molecule has 2 rings (SSSR count). The maximum atomic E-state index is 12.8. The lowest BCUT2D eigenvalue weighted by atomic mass is 10.1. The van der Waals surface area contributed by atoms with Crippen LogP contribution in [-0.2, 0) is 9.84 Å².